The van der Waals surface area contributed by atoms with E-state index < -0.39 is 97.6 Å². The van der Waals surface area contributed by atoms with Crippen LogP contribution in [0.4, 0.5) is 5.82 Å². The molecule has 1 amide bonds. The standard InChI is InChI=1S/C21H32N7O17P3/c22-17-12-19(25-7-24-17)28(8-26-12)21-16(44-46(33,34)35)14(30)11(43-21)6-41-48(38,39)45-47(36,37)40-5-10-13(29)15(31)20(42-10)27-3-1-2-9(4-27)18(23)32/h1-2,7-11,13-16,20-21,29-31H,3-6H2,(H2,23,32)(H,36,37)(H,38,39)(H2,22,24,25)(H2,33,34,35)/t9-,10-,11-,13-,14-,15-,16-,20-,21-/m1/s1. The van der Waals surface area contributed by atoms with E-state index in [9.17, 15) is 53.4 Å². The Hall–Kier alpha value is -2.31. The molecule has 0 saturated carbocycles. The van der Waals surface area contributed by atoms with Crippen molar-refractivity contribution in [2.75, 3.05) is 32.0 Å². The maximum atomic E-state index is 12.6. The van der Waals surface area contributed by atoms with Gasteiger partial charge in [-0.3, -0.25) is 27.8 Å². The Morgan fingerprint density at radius 3 is 2.19 bits per heavy atom. The number of ether oxygens (including phenoxy) is 2. The van der Waals surface area contributed by atoms with Crippen molar-refractivity contribution in [2.24, 2.45) is 11.7 Å². The normalized spacial score (nSPS) is 33.9. The van der Waals surface area contributed by atoms with Crippen LogP contribution >= 0.6 is 23.5 Å². The van der Waals surface area contributed by atoms with Gasteiger partial charge in [-0.25, -0.2) is 28.6 Å². The second-order valence-electron chi connectivity index (χ2n) is 10.7. The molecule has 2 unspecified atom stereocenters. The highest BCUT2D eigenvalue weighted by Gasteiger charge is 2.51. The van der Waals surface area contributed by atoms with Crippen LogP contribution in [-0.2, 0) is 45.8 Å². The number of phosphoric acid groups is 3. The summed E-state index contributed by atoms with van der Waals surface area (Å²) in [6.07, 6.45) is -7.47. The van der Waals surface area contributed by atoms with Crippen LogP contribution in [0.5, 0.6) is 0 Å². The third kappa shape index (κ3) is 8.34. The van der Waals surface area contributed by atoms with Crippen LogP contribution in [0.25, 0.3) is 11.2 Å². The number of carbonyl (C=O) groups is 1. The number of anilines is 1. The number of hydrogen-bond donors (Lipinski definition) is 9. The van der Waals surface area contributed by atoms with E-state index in [1.807, 2.05) is 0 Å². The van der Waals surface area contributed by atoms with Gasteiger partial charge in [0.1, 0.15) is 54.7 Å². The van der Waals surface area contributed by atoms with Crippen LogP contribution < -0.4 is 11.5 Å². The number of nitrogen functional groups attached to an aromatic ring is 1. The SMILES string of the molecule is NC(=O)[C@@H]1C=CCN([C@@H]2O[C@H](COP(=O)(O)OP(=O)(O)OC[C@H]3O[C@@H](n4cnc5c(N)ncnc54)[C@H](OP(=O)(O)O)[C@@H]3O)[C@@H](O)[C@H]2O)C1. The molecule has 0 bridgehead atoms. The van der Waals surface area contributed by atoms with Crippen LogP contribution in [0.15, 0.2) is 24.8 Å². The van der Waals surface area contributed by atoms with Crippen molar-refractivity contribution in [2.45, 2.75) is 49.1 Å². The first-order valence-corrected chi connectivity index (χ1v) is 18.3. The summed E-state index contributed by atoms with van der Waals surface area (Å²) in [7, 11) is -16.2. The van der Waals surface area contributed by atoms with E-state index in [2.05, 4.69) is 19.3 Å². The number of imidazole rings is 1. The first-order chi connectivity index (χ1) is 22.4. The van der Waals surface area contributed by atoms with Gasteiger partial charge < -0.3 is 55.8 Å². The largest absolute Gasteiger partial charge is 0.481 e. The summed E-state index contributed by atoms with van der Waals surface area (Å²) < 4.78 is 67.3. The van der Waals surface area contributed by atoms with E-state index in [-0.39, 0.29) is 30.1 Å². The minimum atomic E-state index is -5.51. The highest BCUT2D eigenvalue weighted by molar-refractivity contribution is 7.61. The number of fused-ring (bicyclic) bond motifs is 1. The lowest BCUT2D eigenvalue weighted by Gasteiger charge is -2.33. The summed E-state index contributed by atoms with van der Waals surface area (Å²) in [6, 6.07) is 0. The second-order valence-corrected chi connectivity index (χ2v) is 15.0. The summed E-state index contributed by atoms with van der Waals surface area (Å²) in [5.74, 6) is -1.38. The Kier molecular flexibility index (Phi) is 10.9. The number of primary amides is 1. The molecule has 3 aliphatic rings. The Balaban J connectivity index is 1.19. The molecule has 5 heterocycles. The maximum absolute atomic E-state index is 12.6. The molecule has 27 heteroatoms. The molecule has 3 aliphatic heterocycles. The van der Waals surface area contributed by atoms with Gasteiger partial charge in [0.15, 0.2) is 17.7 Å². The molecule has 0 radical (unpaired) electrons. The Morgan fingerprint density at radius 2 is 1.56 bits per heavy atom. The smallest absolute Gasteiger partial charge is 0.387 e. The second kappa shape index (κ2) is 14.1. The van der Waals surface area contributed by atoms with Crippen molar-refractivity contribution in [3.05, 3.63) is 24.8 Å². The van der Waals surface area contributed by atoms with Crippen LogP contribution in [-0.4, -0.2) is 134 Å². The number of nitrogens with two attached hydrogens (primary N) is 2. The minimum Gasteiger partial charge on any atom is -0.387 e. The van der Waals surface area contributed by atoms with Crippen molar-refractivity contribution in [1.29, 1.82) is 0 Å². The van der Waals surface area contributed by atoms with E-state index in [1.165, 1.54) is 4.90 Å². The highest BCUT2D eigenvalue weighted by atomic mass is 31.3. The molecule has 0 aromatic carbocycles. The van der Waals surface area contributed by atoms with E-state index in [1.54, 1.807) is 12.2 Å². The molecule has 24 nitrogen and oxygen atoms in total. The molecule has 2 saturated heterocycles. The van der Waals surface area contributed by atoms with Gasteiger partial charge in [0.2, 0.25) is 5.91 Å². The third-order valence-corrected chi connectivity index (χ3v) is 10.6. The van der Waals surface area contributed by atoms with Gasteiger partial charge in [0.05, 0.1) is 25.5 Å². The highest BCUT2D eigenvalue weighted by Crippen LogP contribution is 2.61. The van der Waals surface area contributed by atoms with Gasteiger partial charge >= 0.3 is 23.5 Å². The summed E-state index contributed by atoms with van der Waals surface area (Å²) in [4.78, 5) is 63.8. The molecule has 48 heavy (non-hydrogen) atoms. The number of aromatic nitrogens is 4. The zero-order valence-corrected chi connectivity index (χ0v) is 27.0. The molecule has 11 N–H and O–H groups in total. The molecule has 2 aromatic rings. The molecule has 0 aliphatic carbocycles. The monoisotopic (exact) mass is 747 g/mol. The zero-order chi connectivity index (χ0) is 35.2. The van der Waals surface area contributed by atoms with Crippen molar-refractivity contribution < 1.29 is 80.7 Å². The quantitative estimate of drug-likeness (QED) is 0.0720. The lowest BCUT2D eigenvalue weighted by Crippen LogP contribution is -2.49. The zero-order valence-electron chi connectivity index (χ0n) is 24.3. The van der Waals surface area contributed by atoms with Gasteiger partial charge in [0, 0.05) is 13.1 Å². The van der Waals surface area contributed by atoms with E-state index in [4.69, 9.17) is 34.5 Å². The topological polar surface area (TPSA) is 364 Å². The summed E-state index contributed by atoms with van der Waals surface area (Å²) >= 11 is 0. The fraction of sp³-hybridized carbons (Fsp3) is 0.619. The number of aliphatic hydroxyl groups excluding tert-OH is 3. The fourth-order valence-corrected chi connectivity index (χ4v) is 7.87. The molecule has 268 valence electrons. The van der Waals surface area contributed by atoms with Gasteiger partial charge in [-0.15, -0.1) is 0 Å². The number of hydrogen-bond acceptors (Lipinski definition) is 18. The van der Waals surface area contributed by atoms with Gasteiger partial charge in [0.25, 0.3) is 0 Å². The van der Waals surface area contributed by atoms with Crippen LogP contribution in [0.2, 0.25) is 0 Å². The van der Waals surface area contributed by atoms with E-state index >= 15 is 0 Å². The van der Waals surface area contributed by atoms with Crippen molar-refractivity contribution in [3.63, 3.8) is 0 Å². The molecular formula is C21H32N7O17P3. The van der Waals surface area contributed by atoms with Gasteiger partial charge in [-0.2, -0.15) is 4.31 Å². The minimum absolute atomic E-state index is 0.00735. The number of amides is 1. The predicted molar refractivity (Wildman–Crippen MR) is 153 cm³/mol. The lowest BCUT2D eigenvalue weighted by molar-refractivity contribution is -0.125. The Bertz CT molecular complexity index is 1680. The van der Waals surface area contributed by atoms with Gasteiger partial charge in [-0.1, -0.05) is 12.2 Å². The molecule has 2 aromatic heterocycles. The molecular weight excluding hydrogens is 715 g/mol. The Labute approximate surface area is 269 Å². The predicted octanol–water partition coefficient (Wildman–Crippen LogP) is -3.18. The summed E-state index contributed by atoms with van der Waals surface area (Å²) in [5, 5.41) is 31.6. The molecule has 5 rings (SSSR count). The number of phosphoric ester groups is 3. The van der Waals surface area contributed by atoms with Gasteiger partial charge in [-0.05, 0) is 0 Å². The average Bonchev–Trinajstić information content (AvgIpc) is 3.64. The average molecular weight is 747 g/mol. The number of carbonyl (C=O) groups excluding carboxylic acids is 1. The van der Waals surface area contributed by atoms with Crippen LogP contribution in [0, 0.1) is 5.92 Å². The van der Waals surface area contributed by atoms with E-state index in [0.717, 1.165) is 17.2 Å². The summed E-state index contributed by atoms with van der Waals surface area (Å²) in [5.41, 5.74) is 11.2. The number of rotatable bonds is 13. The first-order valence-electron chi connectivity index (χ1n) is 13.7. The van der Waals surface area contributed by atoms with Crippen LogP contribution in [0.3, 0.4) is 0 Å². The molecule has 2 fully saturated rings. The maximum Gasteiger partial charge on any atom is 0.481 e. The fourth-order valence-electron chi connectivity index (χ4n) is 5.23. The first kappa shape index (κ1) is 37.0. The van der Waals surface area contributed by atoms with E-state index in [0.29, 0.717) is 0 Å². The van der Waals surface area contributed by atoms with Crippen LogP contribution in [0.1, 0.15) is 6.23 Å². The molecule has 11 atom stereocenters. The van der Waals surface area contributed by atoms with Crippen molar-refractivity contribution in [3.8, 4) is 0 Å². The number of aliphatic hydroxyl groups is 3. The summed E-state index contributed by atoms with van der Waals surface area (Å²) in [6.45, 7) is -1.72. The van der Waals surface area contributed by atoms with Crippen molar-refractivity contribution in [1.82, 2.24) is 24.4 Å². The third-order valence-electron chi connectivity index (χ3n) is 7.45. The number of nitrogens with zero attached hydrogens (tertiary/aromatic N) is 5. The lowest BCUT2D eigenvalue weighted by atomic mass is 10.0. The van der Waals surface area contributed by atoms with Crippen molar-refractivity contribution >= 4 is 46.4 Å². The Morgan fingerprint density at radius 1 is 0.938 bits per heavy atom. The molecule has 0 spiro atoms.